The van der Waals surface area contributed by atoms with Crippen LogP contribution in [0.4, 0.5) is 5.69 Å². The van der Waals surface area contributed by atoms with Gasteiger partial charge in [-0.1, -0.05) is 12.0 Å². The molecular formula is C14H13BrN4O. The van der Waals surface area contributed by atoms with Crippen molar-refractivity contribution in [2.45, 2.75) is 20.0 Å². The number of terminal acetylenes is 1. The van der Waals surface area contributed by atoms with Gasteiger partial charge in [-0.15, -0.1) is 6.42 Å². The van der Waals surface area contributed by atoms with Crippen LogP contribution in [0.2, 0.25) is 0 Å². The van der Waals surface area contributed by atoms with Crippen molar-refractivity contribution < 1.29 is 0 Å². The van der Waals surface area contributed by atoms with Crippen LogP contribution in [0.25, 0.3) is 0 Å². The molecule has 0 aliphatic heterocycles. The minimum Gasteiger partial charge on any atom is -0.379 e. The van der Waals surface area contributed by atoms with E-state index in [1.165, 1.54) is 4.68 Å². The second-order valence-corrected chi connectivity index (χ2v) is 4.99. The second kappa shape index (κ2) is 6.35. The fraction of sp³-hybridized carbons (Fsp3) is 0.214. The van der Waals surface area contributed by atoms with Gasteiger partial charge in [-0.3, -0.25) is 9.78 Å². The van der Waals surface area contributed by atoms with Gasteiger partial charge in [0.25, 0.3) is 5.56 Å². The molecule has 2 aromatic rings. The number of rotatable bonds is 4. The molecule has 5 nitrogen and oxygen atoms in total. The van der Waals surface area contributed by atoms with E-state index in [0.29, 0.717) is 16.7 Å². The highest BCUT2D eigenvalue weighted by Gasteiger charge is 2.07. The number of hydrogen-bond acceptors (Lipinski definition) is 4. The topological polar surface area (TPSA) is 59.8 Å². The van der Waals surface area contributed by atoms with Gasteiger partial charge in [-0.2, -0.15) is 5.10 Å². The number of nitrogens with one attached hydrogen (secondary N) is 1. The zero-order valence-corrected chi connectivity index (χ0v) is 12.5. The van der Waals surface area contributed by atoms with Crippen LogP contribution in [0.3, 0.4) is 0 Å². The van der Waals surface area contributed by atoms with Crippen molar-refractivity contribution in [1.29, 1.82) is 0 Å². The summed E-state index contributed by atoms with van der Waals surface area (Å²) < 4.78 is 1.64. The molecule has 0 fully saturated rings. The van der Waals surface area contributed by atoms with Crippen molar-refractivity contribution in [2.24, 2.45) is 0 Å². The first-order valence-electron chi connectivity index (χ1n) is 5.96. The largest absolute Gasteiger partial charge is 0.379 e. The molecule has 0 bridgehead atoms. The number of aryl methyl sites for hydroxylation is 1. The van der Waals surface area contributed by atoms with E-state index in [2.05, 4.69) is 37.2 Å². The highest BCUT2D eigenvalue weighted by Crippen LogP contribution is 2.17. The Bertz CT molecular complexity index is 701. The van der Waals surface area contributed by atoms with Crippen LogP contribution in [-0.4, -0.2) is 14.8 Å². The van der Waals surface area contributed by atoms with Crippen LogP contribution in [0.15, 0.2) is 33.8 Å². The molecule has 0 saturated heterocycles. The lowest BCUT2D eigenvalue weighted by Gasteiger charge is -2.09. The summed E-state index contributed by atoms with van der Waals surface area (Å²) in [7, 11) is 0. The van der Waals surface area contributed by atoms with E-state index in [-0.39, 0.29) is 12.1 Å². The Kier molecular flexibility index (Phi) is 4.53. The zero-order chi connectivity index (χ0) is 14.5. The molecule has 0 amide bonds. The second-order valence-electron chi connectivity index (χ2n) is 4.20. The average Bonchev–Trinajstić information content (AvgIpc) is 2.45. The number of halogens is 1. The summed E-state index contributed by atoms with van der Waals surface area (Å²) >= 11 is 3.27. The summed E-state index contributed by atoms with van der Waals surface area (Å²) in [5, 5.41) is 7.15. The standard InChI is InChI=1S/C14H13BrN4O/c1-3-6-19-14(20)13(15)12(9-18-19)17-8-11-5-4-10(2)16-7-11/h1,4-5,7,9,17H,6,8H2,2H3. The summed E-state index contributed by atoms with van der Waals surface area (Å²) in [5.41, 5.74) is 2.36. The summed E-state index contributed by atoms with van der Waals surface area (Å²) in [6, 6.07) is 3.92. The normalized spacial score (nSPS) is 10.1. The molecule has 2 rings (SSSR count). The molecule has 0 spiro atoms. The van der Waals surface area contributed by atoms with Crippen LogP contribution >= 0.6 is 15.9 Å². The van der Waals surface area contributed by atoms with Gasteiger partial charge in [0.15, 0.2) is 0 Å². The maximum absolute atomic E-state index is 11.9. The third kappa shape index (κ3) is 3.25. The molecule has 2 heterocycles. The lowest BCUT2D eigenvalue weighted by molar-refractivity contribution is 0.659. The minimum atomic E-state index is -0.255. The fourth-order valence-corrected chi connectivity index (χ4v) is 2.03. The Balaban J connectivity index is 2.14. The molecule has 1 N–H and O–H groups in total. The SMILES string of the molecule is C#CCn1ncc(NCc2ccc(C)nc2)c(Br)c1=O. The van der Waals surface area contributed by atoms with Crippen molar-refractivity contribution >= 4 is 21.6 Å². The van der Waals surface area contributed by atoms with E-state index in [9.17, 15) is 4.79 Å². The van der Waals surface area contributed by atoms with Gasteiger partial charge >= 0.3 is 0 Å². The molecule has 6 heteroatoms. The molecule has 0 radical (unpaired) electrons. The van der Waals surface area contributed by atoms with E-state index in [1.807, 2.05) is 19.1 Å². The van der Waals surface area contributed by atoms with Crippen molar-refractivity contribution in [1.82, 2.24) is 14.8 Å². The molecular weight excluding hydrogens is 320 g/mol. The van der Waals surface area contributed by atoms with E-state index < -0.39 is 0 Å². The molecule has 2 aromatic heterocycles. The van der Waals surface area contributed by atoms with Gasteiger partial charge in [0, 0.05) is 18.4 Å². The molecule has 102 valence electrons. The van der Waals surface area contributed by atoms with Gasteiger partial charge in [0.2, 0.25) is 0 Å². The minimum absolute atomic E-state index is 0.152. The zero-order valence-electron chi connectivity index (χ0n) is 10.9. The molecule has 0 aromatic carbocycles. The Morgan fingerprint density at radius 1 is 1.45 bits per heavy atom. The first-order valence-corrected chi connectivity index (χ1v) is 6.75. The Morgan fingerprint density at radius 2 is 2.25 bits per heavy atom. The predicted octanol–water partition coefficient (Wildman–Crippen LogP) is 1.95. The van der Waals surface area contributed by atoms with Crippen molar-refractivity contribution in [3.05, 3.63) is 50.6 Å². The molecule has 0 aliphatic carbocycles. The molecule has 0 aliphatic rings. The summed E-state index contributed by atoms with van der Waals surface area (Å²) in [5.74, 6) is 2.39. The lowest BCUT2D eigenvalue weighted by atomic mass is 10.2. The van der Waals surface area contributed by atoms with Crippen LogP contribution in [0, 0.1) is 19.3 Å². The van der Waals surface area contributed by atoms with Crippen LogP contribution < -0.4 is 10.9 Å². The van der Waals surface area contributed by atoms with E-state index >= 15 is 0 Å². The number of aromatic nitrogens is 3. The molecule has 0 unspecified atom stereocenters. The van der Waals surface area contributed by atoms with Crippen molar-refractivity contribution in [3.8, 4) is 12.3 Å². The maximum atomic E-state index is 11.9. The summed E-state index contributed by atoms with van der Waals surface area (Å²) in [6.45, 7) is 2.65. The Morgan fingerprint density at radius 3 is 2.90 bits per heavy atom. The Labute approximate surface area is 125 Å². The Hall–Kier alpha value is -2.13. The third-order valence-electron chi connectivity index (χ3n) is 2.68. The van der Waals surface area contributed by atoms with Gasteiger partial charge in [-0.05, 0) is 34.5 Å². The average molecular weight is 333 g/mol. The van der Waals surface area contributed by atoms with Crippen LogP contribution in [0.5, 0.6) is 0 Å². The van der Waals surface area contributed by atoms with Gasteiger partial charge in [0.05, 0.1) is 11.9 Å². The van der Waals surface area contributed by atoms with Crippen molar-refractivity contribution in [3.63, 3.8) is 0 Å². The highest BCUT2D eigenvalue weighted by molar-refractivity contribution is 9.10. The number of nitrogens with zero attached hydrogens (tertiary/aromatic N) is 3. The predicted molar refractivity (Wildman–Crippen MR) is 81.3 cm³/mol. The van der Waals surface area contributed by atoms with Crippen LogP contribution in [-0.2, 0) is 13.1 Å². The lowest BCUT2D eigenvalue weighted by Crippen LogP contribution is -2.24. The number of pyridine rings is 1. The first kappa shape index (κ1) is 14.3. The quantitative estimate of drug-likeness (QED) is 0.869. The molecule has 0 saturated carbocycles. The fourth-order valence-electron chi connectivity index (χ4n) is 1.59. The van der Waals surface area contributed by atoms with Gasteiger partial charge < -0.3 is 5.32 Å². The van der Waals surface area contributed by atoms with Gasteiger partial charge in [-0.25, -0.2) is 4.68 Å². The van der Waals surface area contributed by atoms with Crippen LogP contribution in [0.1, 0.15) is 11.3 Å². The number of anilines is 1. The third-order valence-corrected chi connectivity index (χ3v) is 3.45. The number of hydrogen-bond donors (Lipinski definition) is 1. The van der Waals surface area contributed by atoms with E-state index in [1.54, 1.807) is 12.4 Å². The highest BCUT2D eigenvalue weighted by atomic mass is 79.9. The van der Waals surface area contributed by atoms with E-state index in [4.69, 9.17) is 6.42 Å². The summed E-state index contributed by atoms with van der Waals surface area (Å²) in [6.07, 6.45) is 8.55. The molecule has 0 atom stereocenters. The van der Waals surface area contributed by atoms with Gasteiger partial charge in [0.1, 0.15) is 11.0 Å². The summed E-state index contributed by atoms with van der Waals surface area (Å²) in [4.78, 5) is 16.2. The first-order chi connectivity index (χ1) is 9.61. The molecule has 20 heavy (non-hydrogen) atoms. The maximum Gasteiger partial charge on any atom is 0.284 e. The van der Waals surface area contributed by atoms with E-state index in [0.717, 1.165) is 11.3 Å². The van der Waals surface area contributed by atoms with Crippen molar-refractivity contribution in [2.75, 3.05) is 5.32 Å². The smallest absolute Gasteiger partial charge is 0.284 e. The monoisotopic (exact) mass is 332 g/mol.